The molecule has 1 aromatic heterocycles. The zero-order valence-corrected chi connectivity index (χ0v) is 8.37. The number of nitrogens with zero attached hydrogens (tertiary/aromatic N) is 2. The van der Waals surface area contributed by atoms with Crippen molar-refractivity contribution in [2.45, 2.75) is 4.90 Å². The lowest BCUT2D eigenvalue weighted by Gasteiger charge is -2.00. The summed E-state index contributed by atoms with van der Waals surface area (Å²) < 4.78 is 55.6. The van der Waals surface area contributed by atoms with Gasteiger partial charge in [0, 0.05) is 0 Å². The first kappa shape index (κ1) is 10.8. The number of aromatic nitrogens is 2. The summed E-state index contributed by atoms with van der Waals surface area (Å²) >= 11 is 0. The lowest BCUT2D eigenvalue weighted by Crippen LogP contribution is -2.00. The Kier molecular flexibility index (Phi) is 2.32. The molecule has 2 rings (SSSR count). The zero-order chi connectivity index (χ0) is 11.9. The molecule has 84 valence electrons. The van der Waals surface area contributed by atoms with Crippen molar-refractivity contribution in [1.82, 2.24) is 9.97 Å². The minimum Gasteiger partial charge on any atom is -0.282 e. The maximum Gasteiger partial charge on any atom is 0.294 e. The molecule has 0 unspecified atom stereocenters. The second kappa shape index (κ2) is 3.42. The molecule has 16 heavy (non-hydrogen) atoms. The van der Waals surface area contributed by atoms with Gasteiger partial charge in [-0.15, -0.1) is 0 Å². The summed E-state index contributed by atoms with van der Waals surface area (Å²) in [5, 5.41) is 0. The van der Waals surface area contributed by atoms with Crippen LogP contribution >= 0.6 is 0 Å². The highest BCUT2D eigenvalue weighted by atomic mass is 32.2. The Hall–Kier alpha value is -1.67. The minimum atomic E-state index is -4.40. The summed E-state index contributed by atoms with van der Waals surface area (Å²) in [5.74, 6) is -2.80. The predicted octanol–water partition coefficient (Wildman–Crippen LogP) is 1.15. The predicted molar refractivity (Wildman–Crippen MR) is 49.3 cm³/mol. The van der Waals surface area contributed by atoms with Gasteiger partial charge >= 0.3 is 0 Å². The molecule has 8 heteroatoms. The smallest absolute Gasteiger partial charge is 0.282 e. The number of halogens is 2. The van der Waals surface area contributed by atoms with E-state index in [4.69, 9.17) is 4.55 Å². The Morgan fingerprint density at radius 1 is 1.06 bits per heavy atom. The SMILES string of the molecule is O=S(=O)(O)c1ccc2nc(F)c(F)nc2c1. The van der Waals surface area contributed by atoms with Crippen molar-refractivity contribution in [3.05, 3.63) is 30.1 Å². The normalized spacial score (nSPS) is 11.9. The zero-order valence-electron chi connectivity index (χ0n) is 7.55. The summed E-state index contributed by atoms with van der Waals surface area (Å²) in [6.07, 6.45) is 0. The molecule has 5 nitrogen and oxygen atoms in total. The highest BCUT2D eigenvalue weighted by molar-refractivity contribution is 7.85. The number of hydrogen-bond donors (Lipinski definition) is 1. The second-order valence-electron chi connectivity index (χ2n) is 2.93. The Morgan fingerprint density at radius 3 is 2.19 bits per heavy atom. The maximum atomic E-state index is 12.7. The van der Waals surface area contributed by atoms with Crippen LogP contribution in [0.2, 0.25) is 0 Å². The van der Waals surface area contributed by atoms with Crippen LogP contribution in [0.4, 0.5) is 8.78 Å². The second-order valence-corrected chi connectivity index (χ2v) is 4.35. The molecule has 0 radical (unpaired) electrons. The largest absolute Gasteiger partial charge is 0.294 e. The fourth-order valence-corrected chi connectivity index (χ4v) is 1.65. The van der Waals surface area contributed by atoms with Gasteiger partial charge in [0.1, 0.15) is 0 Å². The van der Waals surface area contributed by atoms with Gasteiger partial charge in [0.2, 0.25) is 0 Å². The van der Waals surface area contributed by atoms with E-state index in [1.165, 1.54) is 0 Å². The quantitative estimate of drug-likeness (QED) is 0.763. The standard InChI is InChI=1S/C8H4F2N2O3S/c9-7-8(10)12-6-3-4(16(13,14)15)1-2-5(6)11-7/h1-3H,(H,13,14,15). The Balaban J connectivity index is 2.77. The van der Waals surface area contributed by atoms with Crippen LogP contribution in [0.3, 0.4) is 0 Å². The van der Waals surface area contributed by atoms with E-state index in [-0.39, 0.29) is 11.0 Å². The van der Waals surface area contributed by atoms with Gasteiger partial charge in [0.15, 0.2) is 0 Å². The maximum absolute atomic E-state index is 12.7. The van der Waals surface area contributed by atoms with Crippen LogP contribution in [0.25, 0.3) is 11.0 Å². The average Bonchev–Trinajstić information content (AvgIpc) is 2.17. The molecule has 0 spiro atoms. The van der Waals surface area contributed by atoms with Crippen LogP contribution in [-0.4, -0.2) is 22.9 Å². The van der Waals surface area contributed by atoms with Crippen LogP contribution in [0, 0.1) is 11.9 Å². The Labute approximate surface area is 88.5 Å². The molecular weight excluding hydrogens is 242 g/mol. The van der Waals surface area contributed by atoms with E-state index in [0.717, 1.165) is 18.2 Å². The lowest BCUT2D eigenvalue weighted by molar-refractivity contribution is 0.459. The third-order valence-electron chi connectivity index (χ3n) is 1.85. The Morgan fingerprint density at radius 2 is 1.62 bits per heavy atom. The first-order chi connectivity index (χ1) is 7.38. The molecule has 0 saturated heterocycles. The van der Waals surface area contributed by atoms with Crippen LogP contribution in [0.15, 0.2) is 23.1 Å². The van der Waals surface area contributed by atoms with E-state index >= 15 is 0 Å². The van der Waals surface area contributed by atoms with Crippen molar-refractivity contribution in [2.75, 3.05) is 0 Å². The van der Waals surface area contributed by atoms with Crippen LogP contribution in [0.1, 0.15) is 0 Å². The van der Waals surface area contributed by atoms with Crippen molar-refractivity contribution in [2.24, 2.45) is 0 Å². The molecule has 2 aromatic rings. The van der Waals surface area contributed by atoms with E-state index in [9.17, 15) is 17.2 Å². The monoisotopic (exact) mass is 246 g/mol. The molecule has 1 N–H and O–H groups in total. The van der Waals surface area contributed by atoms with Crippen molar-refractivity contribution in [1.29, 1.82) is 0 Å². The third kappa shape index (κ3) is 1.84. The number of hydrogen-bond acceptors (Lipinski definition) is 4. The average molecular weight is 246 g/mol. The van der Waals surface area contributed by atoms with Gasteiger partial charge in [-0.05, 0) is 18.2 Å². The van der Waals surface area contributed by atoms with Gasteiger partial charge in [-0.3, -0.25) is 4.55 Å². The molecule has 0 aliphatic rings. The summed E-state index contributed by atoms with van der Waals surface area (Å²) in [6.45, 7) is 0. The van der Waals surface area contributed by atoms with Crippen molar-refractivity contribution in [3.8, 4) is 0 Å². The van der Waals surface area contributed by atoms with E-state index in [1.807, 2.05) is 0 Å². The number of benzene rings is 1. The minimum absolute atomic E-state index is 0.00806. The molecule has 1 heterocycles. The van der Waals surface area contributed by atoms with Gasteiger partial charge in [-0.1, -0.05) is 0 Å². The first-order valence-electron chi connectivity index (χ1n) is 3.98. The molecule has 0 bridgehead atoms. The molecule has 0 atom stereocenters. The van der Waals surface area contributed by atoms with Crippen molar-refractivity contribution < 1.29 is 21.8 Å². The first-order valence-corrected chi connectivity index (χ1v) is 5.42. The third-order valence-corrected chi connectivity index (χ3v) is 2.70. The molecule has 0 aliphatic carbocycles. The summed E-state index contributed by atoms with van der Waals surface area (Å²) in [5.41, 5.74) is -0.166. The molecular formula is C8H4F2N2O3S. The fraction of sp³-hybridized carbons (Fsp3) is 0. The summed E-state index contributed by atoms with van der Waals surface area (Å²) in [4.78, 5) is 5.93. The molecule has 0 fully saturated rings. The van der Waals surface area contributed by atoms with Gasteiger partial charge in [0.25, 0.3) is 22.0 Å². The highest BCUT2D eigenvalue weighted by Crippen LogP contribution is 2.16. The molecule has 0 saturated carbocycles. The van der Waals surface area contributed by atoms with Gasteiger partial charge in [-0.25, -0.2) is 9.97 Å². The highest BCUT2D eigenvalue weighted by Gasteiger charge is 2.13. The summed E-state index contributed by atoms with van der Waals surface area (Å²) in [7, 11) is -4.40. The molecule has 0 aliphatic heterocycles. The van der Waals surface area contributed by atoms with Gasteiger partial charge in [0.05, 0.1) is 15.9 Å². The summed E-state index contributed by atoms with van der Waals surface area (Å²) in [6, 6.07) is 3.04. The molecule has 0 amide bonds. The van der Waals surface area contributed by atoms with Crippen molar-refractivity contribution in [3.63, 3.8) is 0 Å². The van der Waals surface area contributed by atoms with Crippen molar-refractivity contribution >= 4 is 21.2 Å². The Bertz CT molecular complexity index is 672. The van der Waals surface area contributed by atoms with Gasteiger partial charge < -0.3 is 0 Å². The topological polar surface area (TPSA) is 80.2 Å². The lowest BCUT2D eigenvalue weighted by atomic mass is 10.3. The van der Waals surface area contributed by atoms with E-state index in [2.05, 4.69) is 9.97 Å². The van der Waals surface area contributed by atoms with E-state index in [1.54, 1.807) is 0 Å². The van der Waals surface area contributed by atoms with Crippen LogP contribution < -0.4 is 0 Å². The fourth-order valence-electron chi connectivity index (χ4n) is 1.15. The number of fused-ring (bicyclic) bond motifs is 1. The van der Waals surface area contributed by atoms with Crippen LogP contribution in [-0.2, 0) is 10.1 Å². The molecule has 1 aromatic carbocycles. The van der Waals surface area contributed by atoms with Crippen LogP contribution in [0.5, 0.6) is 0 Å². The van der Waals surface area contributed by atoms with E-state index < -0.39 is 26.9 Å². The van der Waals surface area contributed by atoms with E-state index in [0.29, 0.717) is 0 Å². The van der Waals surface area contributed by atoms with Gasteiger partial charge in [-0.2, -0.15) is 17.2 Å². The number of rotatable bonds is 1.